The molecular weight excluding hydrogens is 258 g/mol. The summed E-state index contributed by atoms with van der Waals surface area (Å²) in [6.45, 7) is 4.85. The summed E-state index contributed by atoms with van der Waals surface area (Å²) in [7, 11) is 0. The summed E-state index contributed by atoms with van der Waals surface area (Å²) in [4.78, 5) is 22.0. The summed E-state index contributed by atoms with van der Waals surface area (Å²) in [5.74, 6) is -0.00517. The largest absolute Gasteiger partial charge is 0.354 e. The molecule has 1 rings (SSSR count). The van der Waals surface area contributed by atoms with Gasteiger partial charge >= 0.3 is 0 Å². The number of hydrogen-bond donors (Lipinski definition) is 2. The van der Waals surface area contributed by atoms with Crippen molar-refractivity contribution in [3.8, 4) is 0 Å². The second-order valence-corrected chi connectivity index (χ2v) is 4.69. The molecule has 0 aliphatic rings. The first-order chi connectivity index (χ1) is 9.54. The Balaban J connectivity index is 2.35. The van der Waals surface area contributed by atoms with Crippen LogP contribution in [-0.4, -0.2) is 23.4 Å². The molecule has 0 fully saturated rings. The van der Waals surface area contributed by atoms with Gasteiger partial charge in [0.25, 0.3) is 5.69 Å². The number of hydrogen-bond acceptors (Lipinski definition) is 4. The minimum absolute atomic E-state index is 0.00517. The van der Waals surface area contributed by atoms with Gasteiger partial charge in [-0.3, -0.25) is 14.9 Å². The lowest BCUT2D eigenvalue weighted by atomic mass is 10.2. The van der Waals surface area contributed by atoms with Crippen molar-refractivity contribution in [2.24, 2.45) is 0 Å². The summed E-state index contributed by atoms with van der Waals surface area (Å²) in [5.41, 5.74) is 0.726. The number of nitro groups is 1. The second-order valence-electron chi connectivity index (χ2n) is 4.69. The van der Waals surface area contributed by atoms with E-state index in [1.807, 2.05) is 13.8 Å². The predicted molar refractivity (Wildman–Crippen MR) is 77.3 cm³/mol. The van der Waals surface area contributed by atoms with E-state index in [0.717, 1.165) is 6.42 Å². The van der Waals surface area contributed by atoms with Crippen LogP contribution in [0.2, 0.25) is 0 Å². The molecular formula is C14H21N3O3. The van der Waals surface area contributed by atoms with Crippen LogP contribution in [0.4, 0.5) is 5.69 Å². The van der Waals surface area contributed by atoms with Crippen LogP contribution in [0, 0.1) is 10.1 Å². The van der Waals surface area contributed by atoms with E-state index >= 15 is 0 Å². The van der Waals surface area contributed by atoms with Gasteiger partial charge in [0.05, 0.1) is 4.92 Å². The first-order valence-electron chi connectivity index (χ1n) is 6.77. The smallest absolute Gasteiger partial charge is 0.273 e. The Morgan fingerprint density at radius 2 is 2.10 bits per heavy atom. The highest BCUT2D eigenvalue weighted by Crippen LogP contribution is 2.16. The van der Waals surface area contributed by atoms with Gasteiger partial charge in [0.2, 0.25) is 5.91 Å². The fraction of sp³-hybridized carbons (Fsp3) is 0.500. The average molecular weight is 279 g/mol. The van der Waals surface area contributed by atoms with Crippen molar-refractivity contribution >= 4 is 11.6 Å². The molecule has 0 radical (unpaired) electrons. The molecule has 1 amide bonds. The molecule has 0 saturated heterocycles. The summed E-state index contributed by atoms with van der Waals surface area (Å²) >= 11 is 0. The van der Waals surface area contributed by atoms with Crippen molar-refractivity contribution in [1.29, 1.82) is 0 Å². The van der Waals surface area contributed by atoms with Crippen LogP contribution < -0.4 is 10.6 Å². The lowest BCUT2D eigenvalue weighted by molar-refractivity contribution is -0.385. The molecule has 0 spiro atoms. The Bertz CT molecular complexity index is 463. The van der Waals surface area contributed by atoms with E-state index in [-0.39, 0.29) is 17.6 Å². The van der Waals surface area contributed by atoms with E-state index in [0.29, 0.717) is 25.1 Å². The highest BCUT2D eigenvalue weighted by molar-refractivity contribution is 5.76. The van der Waals surface area contributed by atoms with E-state index in [2.05, 4.69) is 10.6 Å². The topological polar surface area (TPSA) is 84.3 Å². The molecule has 0 heterocycles. The van der Waals surface area contributed by atoms with Crippen LogP contribution in [0.15, 0.2) is 24.3 Å². The third-order valence-electron chi connectivity index (χ3n) is 3.05. The van der Waals surface area contributed by atoms with Gasteiger partial charge in [-0.15, -0.1) is 0 Å². The third-order valence-corrected chi connectivity index (χ3v) is 3.05. The Kier molecular flexibility index (Phi) is 6.66. The number of carbonyl (C=O) groups excluding carboxylic acids is 1. The molecule has 1 aromatic carbocycles. The number of benzene rings is 1. The third kappa shape index (κ3) is 5.36. The maximum Gasteiger partial charge on any atom is 0.273 e. The monoisotopic (exact) mass is 279 g/mol. The molecule has 6 nitrogen and oxygen atoms in total. The maximum atomic E-state index is 11.5. The van der Waals surface area contributed by atoms with Crippen molar-refractivity contribution in [3.63, 3.8) is 0 Å². The zero-order valence-electron chi connectivity index (χ0n) is 11.9. The van der Waals surface area contributed by atoms with Gasteiger partial charge in [-0.1, -0.05) is 25.1 Å². The summed E-state index contributed by atoms with van der Waals surface area (Å²) in [6.07, 6.45) is 1.26. The standard InChI is InChI=1S/C14H21N3O3/c1-3-11(2)16-14(18)8-9-15-10-12-6-4-5-7-13(12)17(19)20/h4-7,11,15H,3,8-10H2,1-2H3,(H,16,18). The second kappa shape index (κ2) is 8.27. The van der Waals surface area contributed by atoms with Crippen LogP contribution in [0.1, 0.15) is 32.3 Å². The number of nitro benzene ring substituents is 1. The SMILES string of the molecule is CCC(C)NC(=O)CCNCc1ccccc1[N+](=O)[O-]. The zero-order valence-corrected chi connectivity index (χ0v) is 11.9. The van der Waals surface area contributed by atoms with Crippen LogP contribution in [-0.2, 0) is 11.3 Å². The maximum absolute atomic E-state index is 11.5. The molecule has 0 bridgehead atoms. The highest BCUT2D eigenvalue weighted by atomic mass is 16.6. The molecule has 20 heavy (non-hydrogen) atoms. The van der Waals surface area contributed by atoms with Gasteiger partial charge < -0.3 is 10.6 Å². The van der Waals surface area contributed by atoms with Gasteiger partial charge in [-0.2, -0.15) is 0 Å². The van der Waals surface area contributed by atoms with Crippen molar-refractivity contribution in [2.45, 2.75) is 39.3 Å². The Hall–Kier alpha value is -1.95. The Labute approximate surface area is 118 Å². The minimum atomic E-state index is -0.396. The van der Waals surface area contributed by atoms with E-state index in [1.54, 1.807) is 18.2 Å². The number of rotatable bonds is 8. The lowest BCUT2D eigenvalue weighted by Crippen LogP contribution is -2.33. The van der Waals surface area contributed by atoms with Crippen molar-refractivity contribution < 1.29 is 9.72 Å². The molecule has 1 unspecified atom stereocenters. The van der Waals surface area contributed by atoms with Crippen LogP contribution in [0.5, 0.6) is 0 Å². The zero-order chi connectivity index (χ0) is 15.0. The summed E-state index contributed by atoms with van der Waals surface area (Å²) in [5, 5.41) is 16.8. The Morgan fingerprint density at radius 1 is 1.40 bits per heavy atom. The first kappa shape index (κ1) is 16.1. The van der Waals surface area contributed by atoms with Gasteiger partial charge in [0, 0.05) is 37.2 Å². The molecule has 1 atom stereocenters. The van der Waals surface area contributed by atoms with E-state index in [9.17, 15) is 14.9 Å². The molecule has 0 aromatic heterocycles. The molecule has 0 aliphatic carbocycles. The molecule has 0 saturated carbocycles. The van der Waals surface area contributed by atoms with Crippen LogP contribution >= 0.6 is 0 Å². The quantitative estimate of drug-likeness (QED) is 0.433. The summed E-state index contributed by atoms with van der Waals surface area (Å²) in [6, 6.07) is 6.77. The number of nitrogens with zero attached hydrogens (tertiary/aromatic N) is 1. The lowest BCUT2D eigenvalue weighted by Gasteiger charge is -2.11. The van der Waals surface area contributed by atoms with E-state index in [4.69, 9.17) is 0 Å². The molecule has 110 valence electrons. The molecule has 0 aliphatic heterocycles. The van der Waals surface area contributed by atoms with Crippen molar-refractivity contribution in [1.82, 2.24) is 10.6 Å². The van der Waals surface area contributed by atoms with E-state index < -0.39 is 4.92 Å². The molecule has 2 N–H and O–H groups in total. The predicted octanol–water partition coefficient (Wildman–Crippen LogP) is 1.99. The molecule has 6 heteroatoms. The Morgan fingerprint density at radius 3 is 2.75 bits per heavy atom. The number of nitrogens with one attached hydrogen (secondary N) is 2. The number of para-hydroxylation sites is 1. The van der Waals surface area contributed by atoms with Crippen molar-refractivity contribution in [3.05, 3.63) is 39.9 Å². The van der Waals surface area contributed by atoms with Crippen LogP contribution in [0.25, 0.3) is 0 Å². The van der Waals surface area contributed by atoms with E-state index in [1.165, 1.54) is 6.07 Å². The van der Waals surface area contributed by atoms with Gasteiger partial charge in [-0.05, 0) is 13.3 Å². The van der Waals surface area contributed by atoms with Crippen LogP contribution in [0.3, 0.4) is 0 Å². The number of carbonyl (C=O) groups is 1. The van der Waals surface area contributed by atoms with Gasteiger partial charge in [-0.25, -0.2) is 0 Å². The summed E-state index contributed by atoms with van der Waals surface area (Å²) < 4.78 is 0. The number of amides is 1. The van der Waals surface area contributed by atoms with Gasteiger partial charge in [0.15, 0.2) is 0 Å². The minimum Gasteiger partial charge on any atom is -0.354 e. The first-order valence-corrected chi connectivity index (χ1v) is 6.77. The normalized spacial score (nSPS) is 11.9. The van der Waals surface area contributed by atoms with Gasteiger partial charge in [0.1, 0.15) is 0 Å². The van der Waals surface area contributed by atoms with Crippen molar-refractivity contribution in [2.75, 3.05) is 6.54 Å². The average Bonchev–Trinajstić information content (AvgIpc) is 2.43. The fourth-order valence-electron chi connectivity index (χ4n) is 1.71. The fourth-order valence-corrected chi connectivity index (χ4v) is 1.71. The highest BCUT2D eigenvalue weighted by Gasteiger charge is 2.11. The molecule has 1 aromatic rings.